The van der Waals surface area contributed by atoms with Crippen LogP contribution in [-0.2, 0) is 4.74 Å². The van der Waals surface area contributed by atoms with Crippen LogP contribution in [0.1, 0.15) is 29.0 Å². The Morgan fingerprint density at radius 2 is 2.26 bits per heavy atom. The monoisotopic (exact) mass is 393 g/mol. The van der Waals surface area contributed by atoms with Crippen molar-refractivity contribution in [2.24, 2.45) is 0 Å². The molecule has 1 aromatic heterocycles. The van der Waals surface area contributed by atoms with Crippen molar-refractivity contribution in [2.75, 3.05) is 26.2 Å². The number of ether oxygens (including phenoxy) is 1. The lowest BCUT2D eigenvalue weighted by molar-refractivity contribution is -0.607. The number of hydrogen-bond donors (Lipinski definition) is 1. The number of pyridine rings is 1. The maximum absolute atomic E-state index is 14.6. The highest BCUT2D eigenvalue weighted by Crippen LogP contribution is 2.31. The first-order valence-electron chi connectivity index (χ1n) is 8.73. The third kappa shape index (κ3) is 4.55. The van der Waals surface area contributed by atoms with Crippen LogP contribution in [0.5, 0.6) is 0 Å². The lowest BCUT2D eigenvalue weighted by atomic mass is 10.0. The second-order valence-electron chi connectivity index (χ2n) is 6.45. The van der Waals surface area contributed by atoms with E-state index in [4.69, 9.17) is 16.3 Å². The Hall–Kier alpha value is -2.22. The fourth-order valence-electron chi connectivity index (χ4n) is 3.26. The molecule has 1 saturated heterocycles. The number of halogens is 2. The summed E-state index contributed by atoms with van der Waals surface area (Å²) >= 11 is 6.27. The summed E-state index contributed by atoms with van der Waals surface area (Å²) in [6.45, 7) is 3.73. The van der Waals surface area contributed by atoms with Crippen LogP contribution in [-0.4, -0.2) is 43.2 Å². The van der Waals surface area contributed by atoms with E-state index in [1.165, 1.54) is 18.3 Å². The van der Waals surface area contributed by atoms with Gasteiger partial charge in [0.25, 0.3) is 5.69 Å². The summed E-state index contributed by atoms with van der Waals surface area (Å²) in [5.41, 5.74) is 0.308. The molecule has 2 atom stereocenters. The fraction of sp³-hybridized carbons (Fsp3) is 0.368. The zero-order valence-electron chi connectivity index (χ0n) is 14.9. The third-order valence-corrected chi connectivity index (χ3v) is 4.89. The minimum absolute atomic E-state index is 0.0135. The van der Waals surface area contributed by atoms with Crippen molar-refractivity contribution in [2.45, 2.75) is 19.1 Å². The average molecular weight is 394 g/mol. The summed E-state index contributed by atoms with van der Waals surface area (Å²) in [5, 5.41) is 14.8. The van der Waals surface area contributed by atoms with Crippen LogP contribution in [0.4, 0.5) is 4.39 Å². The van der Waals surface area contributed by atoms with Gasteiger partial charge in [-0.15, -0.1) is 0 Å². The minimum Gasteiger partial charge on any atom is -0.618 e. The molecule has 8 heteroatoms. The van der Waals surface area contributed by atoms with Crippen molar-refractivity contribution >= 4 is 17.5 Å². The molecule has 1 N–H and O–H groups in total. The predicted molar refractivity (Wildman–Crippen MR) is 98.9 cm³/mol. The molecule has 2 aromatic rings. The van der Waals surface area contributed by atoms with Gasteiger partial charge in [-0.05, 0) is 25.1 Å². The van der Waals surface area contributed by atoms with E-state index in [2.05, 4.69) is 5.32 Å². The van der Waals surface area contributed by atoms with Gasteiger partial charge in [-0.25, -0.2) is 4.39 Å². The molecule has 1 amide bonds. The van der Waals surface area contributed by atoms with Crippen molar-refractivity contribution < 1.29 is 18.7 Å². The summed E-state index contributed by atoms with van der Waals surface area (Å²) in [6.07, 6.45) is 1.24. The maximum Gasteiger partial charge on any atom is 0.317 e. The second kappa shape index (κ2) is 8.65. The molecule has 1 fully saturated rings. The summed E-state index contributed by atoms with van der Waals surface area (Å²) < 4.78 is 20.6. The van der Waals surface area contributed by atoms with Crippen LogP contribution in [0.2, 0.25) is 5.02 Å². The molecule has 6 nitrogen and oxygen atoms in total. The third-order valence-electron chi connectivity index (χ3n) is 4.56. The van der Waals surface area contributed by atoms with Gasteiger partial charge in [-0.2, -0.15) is 4.73 Å². The Balaban J connectivity index is 1.84. The van der Waals surface area contributed by atoms with Crippen molar-refractivity contribution in [3.05, 3.63) is 69.9 Å². The standard InChI is InChI=1S/C19H21ClFN3O3/c1-13-12-23(9-10-27-13)17(18-14(20)5-4-6-15(18)21)11-22-19(25)16-7-2-3-8-24(16)26/h2-8,13,17H,9-12H2,1H3,(H,22,25). The highest BCUT2D eigenvalue weighted by Gasteiger charge is 2.30. The van der Waals surface area contributed by atoms with Crippen LogP contribution in [0.25, 0.3) is 0 Å². The summed E-state index contributed by atoms with van der Waals surface area (Å²) in [7, 11) is 0. The van der Waals surface area contributed by atoms with Crippen LogP contribution in [0.15, 0.2) is 42.6 Å². The lowest BCUT2D eigenvalue weighted by Crippen LogP contribution is -2.48. The number of nitrogens with zero attached hydrogens (tertiary/aromatic N) is 2. The lowest BCUT2D eigenvalue weighted by Gasteiger charge is -2.38. The van der Waals surface area contributed by atoms with E-state index < -0.39 is 17.8 Å². The number of aromatic nitrogens is 1. The van der Waals surface area contributed by atoms with Crippen LogP contribution in [0, 0.1) is 11.0 Å². The van der Waals surface area contributed by atoms with E-state index in [1.807, 2.05) is 11.8 Å². The SMILES string of the molecule is CC1CN(C(CNC(=O)c2cccc[n+]2[O-])c2c(F)cccc2Cl)CCO1. The molecule has 0 aliphatic carbocycles. The topological polar surface area (TPSA) is 68.5 Å². The number of carbonyl (C=O) groups is 1. The Bertz CT molecular complexity index is 800. The van der Waals surface area contributed by atoms with Crippen molar-refractivity contribution in [3.63, 3.8) is 0 Å². The molecule has 2 unspecified atom stereocenters. The summed E-state index contributed by atoms with van der Waals surface area (Å²) in [5.74, 6) is -0.955. The fourth-order valence-corrected chi connectivity index (χ4v) is 3.54. The normalized spacial score (nSPS) is 18.9. The maximum atomic E-state index is 14.6. The van der Waals surface area contributed by atoms with E-state index >= 15 is 0 Å². The molecule has 27 heavy (non-hydrogen) atoms. The Kier molecular flexibility index (Phi) is 6.26. The number of amides is 1. The zero-order valence-corrected chi connectivity index (χ0v) is 15.7. The predicted octanol–water partition coefficient (Wildman–Crippen LogP) is 2.30. The van der Waals surface area contributed by atoms with E-state index in [0.29, 0.717) is 35.0 Å². The van der Waals surface area contributed by atoms with Gasteiger partial charge in [0.2, 0.25) is 0 Å². The molecule has 144 valence electrons. The molecule has 0 bridgehead atoms. The van der Waals surface area contributed by atoms with Crippen LogP contribution < -0.4 is 10.0 Å². The number of benzene rings is 1. The number of hydrogen-bond acceptors (Lipinski definition) is 4. The highest BCUT2D eigenvalue weighted by molar-refractivity contribution is 6.31. The van der Waals surface area contributed by atoms with Gasteiger partial charge in [-0.3, -0.25) is 9.69 Å². The first-order valence-corrected chi connectivity index (χ1v) is 9.11. The van der Waals surface area contributed by atoms with Crippen molar-refractivity contribution in [1.82, 2.24) is 10.2 Å². The van der Waals surface area contributed by atoms with E-state index in [9.17, 15) is 14.4 Å². The number of rotatable bonds is 5. The first kappa shape index (κ1) is 19.5. The van der Waals surface area contributed by atoms with E-state index in [0.717, 1.165) is 0 Å². The Labute approximate surface area is 162 Å². The molecule has 0 saturated carbocycles. The number of morpholine rings is 1. The molecule has 3 rings (SSSR count). The van der Waals surface area contributed by atoms with Gasteiger partial charge in [-0.1, -0.05) is 17.7 Å². The van der Waals surface area contributed by atoms with Gasteiger partial charge in [0, 0.05) is 42.4 Å². The van der Waals surface area contributed by atoms with Gasteiger partial charge in [0.1, 0.15) is 5.82 Å². The molecule has 1 aliphatic heterocycles. The van der Waals surface area contributed by atoms with E-state index in [-0.39, 0.29) is 18.3 Å². The molecular weight excluding hydrogens is 373 g/mol. The minimum atomic E-state index is -0.524. The largest absolute Gasteiger partial charge is 0.618 e. The van der Waals surface area contributed by atoms with Crippen LogP contribution in [0.3, 0.4) is 0 Å². The van der Waals surface area contributed by atoms with Gasteiger partial charge in [0.15, 0.2) is 6.20 Å². The summed E-state index contributed by atoms with van der Waals surface area (Å²) in [6, 6.07) is 8.63. The smallest absolute Gasteiger partial charge is 0.317 e. The average Bonchev–Trinajstić information content (AvgIpc) is 2.64. The van der Waals surface area contributed by atoms with Crippen molar-refractivity contribution in [3.8, 4) is 0 Å². The molecule has 0 radical (unpaired) electrons. The van der Waals surface area contributed by atoms with E-state index in [1.54, 1.807) is 24.3 Å². The molecule has 1 aromatic carbocycles. The summed E-state index contributed by atoms with van der Waals surface area (Å²) in [4.78, 5) is 14.5. The van der Waals surface area contributed by atoms with Gasteiger partial charge >= 0.3 is 5.91 Å². The quantitative estimate of drug-likeness (QED) is 0.625. The Morgan fingerprint density at radius 1 is 1.44 bits per heavy atom. The highest BCUT2D eigenvalue weighted by atomic mass is 35.5. The zero-order chi connectivity index (χ0) is 19.4. The molecule has 2 heterocycles. The molecule has 0 spiro atoms. The Morgan fingerprint density at radius 3 is 2.96 bits per heavy atom. The number of carbonyl (C=O) groups excluding carboxylic acids is 1. The van der Waals surface area contributed by atoms with Gasteiger partial charge < -0.3 is 15.3 Å². The second-order valence-corrected chi connectivity index (χ2v) is 6.86. The molecule has 1 aliphatic rings. The molecular formula is C19H21ClFN3O3. The van der Waals surface area contributed by atoms with Gasteiger partial charge in [0.05, 0.1) is 18.8 Å². The first-order chi connectivity index (χ1) is 13.0. The van der Waals surface area contributed by atoms with Crippen molar-refractivity contribution in [1.29, 1.82) is 0 Å². The van der Waals surface area contributed by atoms with Crippen LogP contribution >= 0.6 is 11.6 Å². The number of nitrogens with one attached hydrogen (secondary N) is 1.